The van der Waals surface area contributed by atoms with Gasteiger partial charge < -0.3 is 15.1 Å². The van der Waals surface area contributed by atoms with E-state index in [0.717, 1.165) is 38.6 Å². The van der Waals surface area contributed by atoms with Gasteiger partial charge in [-0.3, -0.25) is 14.5 Å². The molecule has 0 radical (unpaired) electrons. The Morgan fingerprint density at radius 1 is 1.19 bits per heavy atom. The summed E-state index contributed by atoms with van der Waals surface area (Å²) in [6.07, 6.45) is 5.11. The van der Waals surface area contributed by atoms with Crippen LogP contribution in [0.2, 0.25) is 0 Å². The fourth-order valence-corrected chi connectivity index (χ4v) is 6.56. The van der Waals surface area contributed by atoms with E-state index >= 15 is 0 Å². The molecule has 3 aliphatic heterocycles. The topological polar surface area (TPSA) is 79.7 Å². The van der Waals surface area contributed by atoms with Gasteiger partial charge in [-0.25, -0.2) is 0 Å². The van der Waals surface area contributed by atoms with Crippen molar-refractivity contribution in [2.45, 2.75) is 80.9 Å². The molecule has 6 unspecified atom stereocenters. The first kappa shape index (κ1) is 24.1. The summed E-state index contributed by atoms with van der Waals surface area (Å²) in [6, 6.07) is 2.34. The molecule has 3 heterocycles. The lowest BCUT2D eigenvalue weighted by atomic mass is 9.84. The van der Waals surface area contributed by atoms with Gasteiger partial charge in [0.05, 0.1) is 23.5 Å². The van der Waals surface area contributed by atoms with Crippen molar-refractivity contribution in [3.8, 4) is 6.07 Å². The maximum absolute atomic E-state index is 13.8. The summed E-state index contributed by atoms with van der Waals surface area (Å²) < 4.78 is 0. The lowest BCUT2D eigenvalue weighted by molar-refractivity contribution is -0.167. The Morgan fingerprint density at radius 3 is 2.59 bits per heavy atom. The molecule has 3 saturated heterocycles. The molecule has 0 aromatic carbocycles. The Kier molecular flexibility index (Phi) is 7.26. The fourth-order valence-electron chi connectivity index (χ4n) is 5.95. The number of halogens is 2. The molecule has 0 bridgehead atoms. The number of likely N-dealkylation sites (tertiary alicyclic amines) is 1. The van der Waals surface area contributed by atoms with Gasteiger partial charge in [-0.1, -0.05) is 0 Å². The number of hydrogen-bond donors (Lipinski definition) is 1. The van der Waals surface area contributed by atoms with Gasteiger partial charge in [0.2, 0.25) is 5.91 Å². The number of nitriles is 1. The van der Waals surface area contributed by atoms with E-state index in [9.17, 15) is 14.9 Å². The number of hydrogen-bond acceptors (Lipinski definition) is 5. The van der Waals surface area contributed by atoms with Crippen LogP contribution in [0.4, 0.5) is 0 Å². The number of piperidine rings is 1. The Balaban J connectivity index is 1.54. The molecule has 6 atom stereocenters. The average molecular weight is 484 g/mol. The van der Waals surface area contributed by atoms with Crippen LogP contribution in [0.15, 0.2) is 0 Å². The van der Waals surface area contributed by atoms with E-state index < -0.39 is 5.54 Å². The van der Waals surface area contributed by atoms with Gasteiger partial charge in [-0.05, 0) is 58.3 Å². The van der Waals surface area contributed by atoms with E-state index in [4.69, 9.17) is 23.2 Å². The van der Waals surface area contributed by atoms with Gasteiger partial charge >= 0.3 is 0 Å². The van der Waals surface area contributed by atoms with Crippen molar-refractivity contribution in [1.82, 2.24) is 20.0 Å². The van der Waals surface area contributed by atoms with E-state index in [1.54, 1.807) is 4.90 Å². The largest absolute Gasteiger partial charge is 0.329 e. The predicted octanol–water partition coefficient (Wildman–Crippen LogP) is 2.37. The third-order valence-electron chi connectivity index (χ3n) is 7.94. The zero-order valence-corrected chi connectivity index (χ0v) is 20.6. The SMILES string of the molecule is CC(C)N1CC(=O)N(CC2CCC(Cl)C(Cl)C2)C2(CCN(C3CCC(C#N)CN3)C2)C1=O. The summed E-state index contributed by atoms with van der Waals surface area (Å²) in [5.74, 6) is 0.438. The van der Waals surface area contributed by atoms with Gasteiger partial charge in [0.15, 0.2) is 0 Å². The molecule has 1 spiro atoms. The molecule has 1 saturated carbocycles. The number of rotatable bonds is 4. The molecule has 2 amide bonds. The first-order valence-electron chi connectivity index (χ1n) is 12.0. The maximum Gasteiger partial charge on any atom is 0.250 e. The number of carbonyl (C=O) groups is 2. The highest BCUT2D eigenvalue weighted by Crippen LogP contribution is 2.39. The van der Waals surface area contributed by atoms with Crippen LogP contribution in [0.3, 0.4) is 0 Å². The smallest absolute Gasteiger partial charge is 0.250 e. The molecule has 178 valence electrons. The van der Waals surface area contributed by atoms with Gasteiger partial charge in [-0.2, -0.15) is 5.26 Å². The summed E-state index contributed by atoms with van der Waals surface area (Å²) >= 11 is 12.8. The lowest BCUT2D eigenvalue weighted by Gasteiger charge is -2.50. The highest BCUT2D eigenvalue weighted by Gasteiger charge is 2.57. The standard InChI is InChI=1S/C23H35Cl2N5O2/c1-15(2)29-13-21(31)30(12-16-3-5-18(24)19(25)9-16)23(22(29)32)7-8-28(14-23)20-6-4-17(10-26)11-27-20/h15-20,27H,3-9,11-14H2,1-2H3. The van der Waals surface area contributed by atoms with Crippen LogP contribution in [0.5, 0.6) is 0 Å². The van der Waals surface area contributed by atoms with Crippen LogP contribution in [-0.2, 0) is 9.59 Å². The van der Waals surface area contributed by atoms with Gasteiger partial charge in [0, 0.05) is 37.6 Å². The van der Waals surface area contributed by atoms with E-state index in [0.29, 0.717) is 26.1 Å². The quantitative estimate of drug-likeness (QED) is 0.620. The number of nitrogens with one attached hydrogen (secondary N) is 1. The summed E-state index contributed by atoms with van der Waals surface area (Å²) in [5, 5.41) is 12.6. The van der Waals surface area contributed by atoms with E-state index in [2.05, 4.69) is 16.3 Å². The number of carbonyl (C=O) groups excluding carboxylic acids is 2. The van der Waals surface area contributed by atoms with Crippen molar-refractivity contribution in [3.63, 3.8) is 0 Å². The highest BCUT2D eigenvalue weighted by atomic mass is 35.5. The first-order valence-corrected chi connectivity index (χ1v) is 12.9. The van der Waals surface area contributed by atoms with E-state index in [1.165, 1.54) is 0 Å². The minimum Gasteiger partial charge on any atom is -0.329 e. The zero-order chi connectivity index (χ0) is 23.0. The monoisotopic (exact) mass is 483 g/mol. The summed E-state index contributed by atoms with van der Waals surface area (Å²) in [4.78, 5) is 33.2. The van der Waals surface area contributed by atoms with Crippen molar-refractivity contribution in [2.24, 2.45) is 11.8 Å². The van der Waals surface area contributed by atoms with Crippen molar-refractivity contribution >= 4 is 35.0 Å². The zero-order valence-electron chi connectivity index (χ0n) is 19.1. The van der Waals surface area contributed by atoms with Gasteiger partial charge in [-0.15, -0.1) is 23.2 Å². The number of nitrogens with zero attached hydrogens (tertiary/aromatic N) is 4. The number of alkyl halides is 2. The highest BCUT2D eigenvalue weighted by molar-refractivity contribution is 6.30. The Labute approximate surface area is 201 Å². The van der Waals surface area contributed by atoms with E-state index in [-0.39, 0.29) is 53.2 Å². The van der Waals surface area contributed by atoms with Crippen LogP contribution in [0.1, 0.15) is 52.4 Å². The molecule has 4 rings (SSSR count). The molecule has 4 fully saturated rings. The second-order valence-corrected chi connectivity index (χ2v) is 11.4. The molecule has 4 aliphatic rings. The molecule has 1 N–H and O–H groups in total. The number of amides is 2. The van der Waals surface area contributed by atoms with Gasteiger partial charge in [0.25, 0.3) is 5.91 Å². The van der Waals surface area contributed by atoms with Crippen molar-refractivity contribution < 1.29 is 9.59 Å². The second-order valence-electron chi connectivity index (χ2n) is 10.3. The minimum atomic E-state index is -0.813. The molecule has 1 aliphatic carbocycles. The van der Waals surface area contributed by atoms with Crippen LogP contribution in [0, 0.1) is 23.2 Å². The van der Waals surface area contributed by atoms with Crippen molar-refractivity contribution in [3.05, 3.63) is 0 Å². The normalized spacial score (nSPS) is 39.2. The molecule has 9 heteroatoms. The molecule has 0 aromatic rings. The third-order valence-corrected chi connectivity index (χ3v) is 9.07. The molecule has 0 aromatic heterocycles. The summed E-state index contributed by atoms with van der Waals surface area (Å²) in [7, 11) is 0. The van der Waals surface area contributed by atoms with E-state index in [1.807, 2.05) is 18.7 Å². The molecule has 32 heavy (non-hydrogen) atoms. The van der Waals surface area contributed by atoms with Crippen molar-refractivity contribution in [1.29, 1.82) is 5.26 Å². The van der Waals surface area contributed by atoms with Crippen LogP contribution in [0.25, 0.3) is 0 Å². The molecular weight excluding hydrogens is 449 g/mol. The second kappa shape index (κ2) is 9.66. The molecular formula is C23H35Cl2N5O2. The maximum atomic E-state index is 13.8. The summed E-state index contributed by atoms with van der Waals surface area (Å²) in [6.45, 7) is 6.67. The van der Waals surface area contributed by atoms with Crippen LogP contribution in [-0.4, -0.2) is 87.7 Å². The average Bonchev–Trinajstić information content (AvgIpc) is 3.22. The van der Waals surface area contributed by atoms with Crippen molar-refractivity contribution in [2.75, 3.05) is 32.7 Å². The fraction of sp³-hybridized carbons (Fsp3) is 0.870. The third kappa shape index (κ3) is 4.49. The van der Waals surface area contributed by atoms with Crippen LogP contribution < -0.4 is 5.32 Å². The number of piperazine rings is 1. The van der Waals surface area contributed by atoms with Gasteiger partial charge in [0.1, 0.15) is 12.1 Å². The summed E-state index contributed by atoms with van der Waals surface area (Å²) in [5.41, 5.74) is -0.813. The lowest BCUT2D eigenvalue weighted by Crippen LogP contribution is -2.71. The molecule has 7 nitrogen and oxygen atoms in total. The minimum absolute atomic E-state index is 0.0115. The predicted molar refractivity (Wildman–Crippen MR) is 124 cm³/mol. The Hall–Kier alpha value is -1.07. The first-order chi connectivity index (χ1) is 15.2. The Morgan fingerprint density at radius 2 is 1.97 bits per heavy atom. The van der Waals surface area contributed by atoms with Crippen LogP contribution >= 0.6 is 23.2 Å². The Bertz CT molecular complexity index is 766.